The Morgan fingerprint density at radius 1 is 1.17 bits per heavy atom. The van der Waals surface area contributed by atoms with Crippen molar-refractivity contribution in [3.8, 4) is 11.8 Å². The zero-order valence-electron chi connectivity index (χ0n) is 8.02. The summed E-state index contributed by atoms with van der Waals surface area (Å²) in [4.78, 5) is 0. The van der Waals surface area contributed by atoms with Crippen molar-refractivity contribution in [3.05, 3.63) is 6.92 Å². The number of hydrogen-bond donors (Lipinski definition) is 2. The van der Waals surface area contributed by atoms with E-state index in [4.69, 9.17) is 0 Å². The quantitative estimate of drug-likeness (QED) is 0.608. The molecule has 0 aliphatic carbocycles. The summed E-state index contributed by atoms with van der Waals surface area (Å²) in [6.07, 6.45) is 0.868. The first-order chi connectivity index (χ1) is 5.33. The van der Waals surface area contributed by atoms with Crippen LogP contribution in [0.4, 0.5) is 0 Å². The maximum Gasteiger partial charge on any atom is 0.122 e. The summed E-state index contributed by atoms with van der Waals surface area (Å²) in [5.41, 5.74) is -2.08. The van der Waals surface area contributed by atoms with Gasteiger partial charge in [0.1, 0.15) is 11.2 Å². The zero-order valence-corrected chi connectivity index (χ0v) is 8.02. The molecule has 2 unspecified atom stereocenters. The maximum atomic E-state index is 9.48. The lowest BCUT2D eigenvalue weighted by Gasteiger charge is -2.16. The van der Waals surface area contributed by atoms with Gasteiger partial charge in [0.15, 0.2) is 0 Å². The molecule has 2 heteroatoms. The molecule has 0 aliphatic rings. The molecule has 0 amide bonds. The first-order valence-electron chi connectivity index (χ1n) is 4.11. The third kappa shape index (κ3) is 4.38. The van der Waals surface area contributed by atoms with Gasteiger partial charge in [-0.15, -0.1) is 0 Å². The summed E-state index contributed by atoms with van der Waals surface area (Å²) in [5.74, 6) is 5.21. The molecule has 2 N–H and O–H groups in total. The van der Waals surface area contributed by atoms with Crippen LogP contribution in [0.3, 0.4) is 0 Å². The van der Waals surface area contributed by atoms with Crippen LogP contribution in [0.5, 0.6) is 0 Å². The fourth-order valence-electron chi connectivity index (χ4n) is 0.420. The summed E-state index contributed by atoms with van der Waals surface area (Å²) in [6, 6.07) is 0. The Balaban J connectivity index is 4.39. The molecule has 0 heterocycles. The van der Waals surface area contributed by atoms with Crippen molar-refractivity contribution in [1.29, 1.82) is 0 Å². The minimum Gasteiger partial charge on any atom is -0.378 e. The van der Waals surface area contributed by atoms with Gasteiger partial charge in [-0.05, 0) is 33.6 Å². The van der Waals surface area contributed by atoms with E-state index < -0.39 is 11.2 Å². The second-order valence-corrected chi connectivity index (χ2v) is 3.40. The van der Waals surface area contributed by atoms with E-state index in [1.165, 1.54) is 0 Å². The molecule has 2 atom stereocenters. The molecule has 1 radical (unpaired) electrons. The average molecular weight is 169 g/mol. The summed E-state index contributed by atoms with van der Waals surface area (Å²) < 4.78 is 0. The Labute approximate surface area is 74.6 Å². The van der Waals surface area contributed by atoms with E-state index in [1.54, 1.807) is 13.8 Å². The van der Waals surface area contributed by atoms with Crippen LogP contribution >= 0.6 is 0 Å². The fourth-order valence-corrected chi connectivity index (χ4v) is 0.420. The van der Waals surface area contributed by atoms with Crippen molar-refractivity contribution >= 4 is 0 Å². The van der Waals surface area contributed by atoms with E-state index in [2.05, 4.69) is 18.8 Å². The molecule has 0 aromatic heterocycles. The van der Waals surface area contributed by atoms with Crippen molar-refractivity contribution in [1.82, 2.24) is 0 Å². The zero-order chi connectivity index (χ0) is 9.83. The molecule has 0 bridgehead atoms. The Morgan fingerprint density at radius 2 is 1.58 bits per heavy atom. The monoisotopic (exact) mass is 169 g/mol. The van der Waals surface area contributed by atoms with Crippen molar-refractivity contribution < 1.29 is 10.2 Å². The van der Waals surface area contributed by atoms with Crippen LogP contribution in [0, 0.1) is 18.8 Å². The first kappa shape index (κ1) is 11.5. The van der Waals surface area contributed by atoms with Gasteiger partial charge in [-0.2, -0.15) is 0 Å². The van der Waals surface area contributed by atoms with E-state index in [-0.39, 0.29) is 0 Å². The highest BCUT2D eigenvalue weighted by molar-refractivity contribution is 5.19. The maximum absolute atomic E-state index is 9.48. The minimum absolute atomic E-state index is 0.319. The molecule has 0 aliphatic heterocycles. The van der Waals surface area contributed by atoms with E-state index in [0.29, 0.717) is 12.8 Å². The summed E-state index contributed by atoms with van der Waals surface area (Å²) in [7, 11) is 0. The van der Waals surface area contributed by atoms with Crippen LogP contribution < -0.4 is 0 Å². The summed E-state index contributed by atoms with van der Waals surface area (Å²) >= 11 is 0. The predicted molar refractivity (Wildman–Crippen MR) is 49.3 cm³/mol. The van der Waals surface area contributed by atoms with Gasteiger partial charge in [-0.3, -0.25) is 0 Å². The third-order valence-electron chi connectivity index (χ3n) is 1.78. The van der Waals surface area contributed by atoms with Gasteiger partial charge in [-0.1, -0.05) is 18.8 Å². The van der Waals surface area contributed by atoms with Gasteiger partial charge < -0.3 is 10.2 Å². The van der Waals surface area contributed by atoms with Gasteiger partial charge in [0.05, 0.1) is 0 Å². The predicted octanol–water partition coefficient (Wildman–Crippen LogP) is 1.13. The number of rotatable bonds is 2. The molecule has 0 saturated heterocycles. The smallest absolute Gasteiger partial charge is 0.122 e. The SMILES string of the molecule is [CH2]CC(C)(O)C#CC(C)(O)CC. The largest absolute Gasteiger partial charge is 0.378 e. The molecule has 0 spiro atoms. The minimum atomic E-state index is -1.08. The highest BCUT2D eigenvalue weighted by atomic mass is 16.3. The Hall–Kier alpha value is -0.520. The van der Waals surface area contributed by atoms with Gasteiger partial charge in [0.2, 0.25) is 0 Å². The molecular formula is C10H17O2. The van der Waals surface area contributed by atoms with Crippen LogP contribution in [0.1, 0.15) is 33.6 Å². The standard InChI is InChI=1S/C10H17O2/c1-5-9(3,11)7-8-10(4,12)6-2/h11-12H,1,5-6H2,2-4H3. The second-order valence-electron chi connectivity index (χ2n) is 3.40. The number of aliphatic hydroxyl groups is 2. The van der Waals surface area contributed by atoms with E-state index in [0.717, 1.165) is 0 Å². The lowest BCUT2D eigenvalue weighted by atomic mass is 10.00. The van der Waals surface area contributed by atoms with Gasteiger partial charge >= 0.3 is 0 Å². The summed E-state index contributed by atoms with van der Waals surface area (Å²) in [5, 5.41) is 18.9. The molecule has 2 nitrogen and oxygen atoms in total. The number of hydrogen-bond acceptors (Lipinski definition) is 2. The molecule has 0 aromatic rings. The average Bonchev–Trinajstić information content (AvgIpc) is 2.02. The van der Waals surface area contributed by atoms with Crippen molar-refractivity contribution in [3.63, 3.8) is 0 Å². The normalized spacial score (nSPS) is 20.2. The fraction of sp³-hybridized carbons (Fsp3) is 0.700. The van der Waals surface area contributed by atoms with E-state index in [9.17, 15) is 10.2 Å². The van der Waals surface area contributed by atoms with Crippen LogP contribution in [-0.4, -0.2) is 21.4 Å². The molecule has 0 aromatic carbocycles. The van der Waals surface area contributed by atoms with Crippen LogP contribution in [-0.2, 0) is 0 Å². The molecule has 0 saturated carbocycles. The second kappa shape index (κ2) is 3.93. The van der Waals surface area contributed by atoms with Crippen LogP contribution in [0.25, 0.3) is 0 Å². The molecule has 0 rings (SSSR count). The lowest BCUT2D eigenvalue weighted by Crippen LogP contribution is -2.24. The molecule has 69 valence electrons. The Kier molecular flexibility index (Phi) is 3.76. The first-order valence-corrected chi connectivity index (χ1v) is 4.11. The Bertz CT molecular complexity index is 174. The van der Waals surface area contributed by atoms with Gasteiger partial charge in [0, 0.05) is 0 Å². The highest BCUT2D eigenvalue weighted by Crippen LogP contribution is 2.10. The van der Waals surface area contributed by atoms with Crippen molar-refractivity contribution in [2.75, 3.05) is 0 Å². The van der Waals surface area contributed by atoms with Crippen molar-refractivity contribution in [2.45, 2.75) is 44.8 Å². The van der Waals surface area contributed by atoms with E-state index >= 15 is 0 Å². The van der Waals surface area contributed by atoms with Gasteiger partial charge in [0.25, 0.3) is 0 Å². The van der Waals surface area contributed by atoms with Crippen LogP contribution in [0.2, 0.25) is 0 Å². The third-order valence-corrected chi connectivity index (χ3v) is 1.78. The molecule has 12 heavy (non-hydrogen) atoms. The molecular weight excluding hydrogens is 152 g/mol. The van der Waals surface area contributed by atoms with E-state index in [1.807, 2.05) is 6.92 Å². The van der Waals surface area contributed by atoms with Gasteiger partial charge in [-0.25, -0.2) is 0 Å². The summed E-state index contributed by atoms with van der Waals surface area (Å²) in [6.45, 7) is 8.60. The molecule has 0 fully saturated rings. The topological polar surface area (TPSA) is 40.5 Å². The lowest BCUT2D eigenvalue weighted by molar-refractivity contribution is 0.109. The van der Waals surface area contributed by atoms with Crippen LogP contribution in [0.15, 0.2) is 0 Å². The Morgan fingerprint density at radius 3 is 1.92 bits per heavy atom. The highest BCUT2D eigenvalue weighted by Gasteiger charge is 2.17. The van der Waals surface area contributed by atoms with Crippen molar-refractivity contribution in [2.24, 2.45) is 0 Å².